The van der Waals surface area contributed by atoms with E-state index in [9.17, 15) is 19.5 Å². The van der Waals surface area contributed by atoms with Gasteiger partial charge in [-0.1, -0.05) is 43.3 Å². The van der Waals surface area contributed by atoms with Crippen LogP contribution in [0.15, 0.2) is 73.8 Å². The van der Waals surface area contributed by atoms with Crippen LogP contribution in [0.1, 0.15) is 33.6 Å². The molecule has 0 aliphatic carbocycles. The maximum absolute atomic E-state index is 14.9. The van der Waals surface area contributed by atoms with E-state index in [-0.39, 0.29) is 55.3 Å². The predicted molar refractivity (Wildman–Crippen MR) is 186 cm³/mol. The summed E-state index contributed by atoms with van der Waals surface area (Å²) in [5.41, 5.74) is 2.18. The lowest BCUT2D eigenvalue weighted by Crippen LogP contribution is -2.58. The van der Waals surface area contributed by atoms with Crippen molar-refractivity contribution in [2.45, 2.75) is 62.4 Å². The topological polar surface area (TPSA) is 121 Å². The highest BCUT2D eigenvalue weighted by Crippen LogP contribution is 2.67. The van der Waals surface area contributed by atoms with E-state index >= 15 is 0 Å². The molecule has 3 amide bonds. The van der Waals surface area contributed by atoms with Gasteiger partial charge in [-0.15, -0.1) is 30.0 Å². The highest BCUT2D eigenvalue weighted by atomic mass is 32.2. The minimum atomic E-state index is -0.879. The number of rotatable bonds is 14. The Kier molecular flexibility index (Phi) is 9.67. The van der Waals surface area contributed by atoms with Crippen molar-refractivity contribution in [3.8, 4) is 5.75 Å². The second-order valence-electron chi connectivity index (χ2n) is 13.0. The molecule has 0 radical (unpaired) electrons. The number of anilines is 1. The summed E-state index contributed by atoms with van der Waals surface area (Å²) in [7, 11) is 0. The maximum Gasteiger partial charge on any atom is 0.248 e. The predicted octanol–water partition coefficient (Wildman–Crippen LogP) is 4.13. The summed E-state index contributed by atoms with van der Waals surface area (Å²) in [5, 5.41) is 19.1. The molecule has 2 unspecified atom stereocenters. The third-order valence-corrected chi connectivity index (χ3v) is 11.9. The summed E-state index contributed by atoms with van der Waals surface area (Å²) >= 11 is 1.61. The molecule has 3 fully saturated rings. The summed E-state index contributed by atoms with van der Waals surface area (Å²) in [4.78, 5) is 49.3. The molecule has 3 aliphatic rings. The molecule has 3 saturated heterocycles. The van der Waals surface area contributed by atoms with Gasteiger partial charge in [0.25, 0.3) is 0 Å². The zero-order valence-electron chi connectivity index (χ0n) is 27.8. The Hall–Kier alpha value is -4.16. The summed E-state index contributed by atoms with van der Waals surface area (Å²) in [6.45, 7) is 14.4. The number of ether oxygens (including phenoxy) is 1. The first-order chi connectivity index (χ1) is 23.2. The number of aromatic nitrogens is 3. The van der Waals surface area contributed by atoms with Gasteiger partial charge in [0.15, 0.2) is 0 Å². The molecule has 4 heterocycles. The third-order valence-electron chi connectivity index (χ3n) is 9.99. The van der Waals surface area contributed by atoms with Crippen LogP contribution in [-0.2, 0) is 21.1 Å². The second kappa shape index (κ2) is 13.8. The Balaban J connectivity index is 1.39. The number of hydrogen-bond donors (Lipinski definition) is 1. The van der Waals surface area contributed by atoms with Crippen molar-refractivity contribution in [2.75, 3.05) is 31.2 Å². The molecule has 2 aromatic carbocycles. The minimum Gasteiger partial charge on any atom is -0.494 e. The first-order valence-electron chi connectivity index (χ1n) is 16.6. The number of para-hydroxylation sites is 1. The Morgan fingerprint density at radius 1 is 1.12 bits per heavy atom. The average molecular weight is 673 g/mol. The van der Waals surface area contributed by atoms with Gasteiger partial charge < -0.3 is 24.5 Å². The zero-order chi connectivity index (χ0) is 34.2. The van der Waals surface area contributed by atoms with Crippen molar-refractivity contribution in [1.82, 2.24) is 24.8 Å². The summed E-state index contributed by atoms with van der Waals surface area (Å²) in [6, 6.07) is 13.4. The molecule has 3 aliphatic heterocycles. The first-order valence-corrected chi connectivity index (χ1v) is 17.5. The molecule has 1 aromatic heterocycles. The first kappa shape index (κ1) is 33.7. The van der Waals surface area contributed by atoms with Crippen LogP contribution in [0.25, 0.3) is 11.0 Å². The Labute approximate surface area is 285 Å². The molecule has 12 heteroatoms. The van der Waals surface area contributed by atoms with Crippen molar-refractivity contribution >= 4 is 46.2 Å². The number of amides is 3. The standard InChI is InChI=1S/C36H44N6O5S/c1-6-19-39(22-41-27-12-10-9-11-26(27)37-38-41)35(46)32-36-18-17-29(48-36)30(31(36)34(45)42(32)28(21-43)23(4)5)33(44)40(20-7-2)24-13-15-25(16-14-24)47-8-3/h6-7,9-16,23,28-32,43H,1-2,8,17-22H2,3-5H3/t28-,29-,30+,31-,32?,36?/m0/s1. The summed E-state index contributed by atoms with van der Waals surface area (Å²) in [5.74, 6) is -1.44. The lowest BCUT2D eigenvalue weighted by molar-refractivity contribution is -0.147. The molecule has 1 N–H and O–H groups in total. The molecular formula is C36H44N6O5S. The molecule has 11 nitrogen and oxygen atoms in total. The fourth-order valence-corrected chi connectivity index (χ4v) is 10.1. The van der Waals surface area contributed by atoms with Crippen LogP contribution >= 0.6 is 11.8 Å². The van der Waals surface area contributed by atoms with Gasteiger partial charge in [0.05, 0.1) is 41.4 Å². The van der Waals surface area contributed by atoms with E-state index in [1.807, 2.05) is 69.3 Å². The number of nitrogens with zero attached hydrogens (tertiary/aromatic N) is 6. The van der Waals surface area contributed by atoms with Crippen LogP contribution in [0.2, 0.25) is 0 Å². The fourth-order valence-electron chi connectivity index (χ4n) is 7.88. The van der Waals surface area contributed by atoms with Crippen molar-refractivity contribution in [2.24, 2.45) is 17.8 Å². The van der Waals surface area contributed by atoms with E-state index in [4.69, 9.17) is 4.74 Å². The van der Waals surface area contributed by atoms with Crippen LogP contribution in [0, 0.1) is 17.8 Å². The fraction of sp³-hybridized carbons (Fsp3) is 0.472. The molecular weight excluding hydrogens is 629 g/mol. The van der Waals surface area contributed by atoms with Gasteiger partial charge in [0, 0.05) is 24.0 Å². The number of fused-ring (bicyclic) bond motifs is 2. The second-order valence-corrected chi connectivity index (χ2v) is 14.6. The van der Waals surface area contributed by atoms with Crippen LogP contribution in [-0.4, -0.2) is 96.0 Å². The van der Waals surface area contributed by atoms with Crippen LogP contribution in [0.4, 0.5) is 5.69 Å². The van der Waals surface area contributed by atoms with Crippen molar-refractivity contribution in [1.29, 1.82) is 0 Å². The molecule has 3 aromatic rings. The molecule has 1 spiro atoms. The maximum atomic E-state index is 14.9. The average Bonchev–Trinajstić information content (AvgIpc) is 3.83. The van der Waals surface area contributed by atoms with Gasteiger partial charge in [0.2, 0.25) is 17.7 Å². The number of aliphatic hydroxyl groups excluding tert-OH is 1. The van der Waals surface area contributed by atoms with E-state index in [2.05, 4.69) is 23.5 Å². The molecule has 48 heavy (non-hydrogen) atoms. The van der Waals surface area contributed by atoms with Gasteiger partial charge in [-0.25, -0.2) is 4.68 Å². The number of aliphatic hydroxyl groups is 1. The van der Waals surface area contributed by atoms with Gasteiger partial charge in [-0.05, 0) is 62.1 Å². The summed E-state index contributed by atoms with van der Waals surface area (Å²) < 4.78 is 6.46. The lowest BCUT2D eigenvalue weighted by atomic mass is 9.70. The molecule has 254 valence electrons. The Bertz CT molecular complexity index is 1690. The van der Waals surface area contributed by atoms with Crippen molar-refractivity contribution in [3.63, 3.8) is 0 Å². The lowest BCUT2D eigenvalue weighted by Gasteiger charge is -2.40. The van der Waals surface area contributed by atoms with Gasteiger partial charge in [0.1, 0.15) is 24.0 Å². The number of carbonyl (C=O) groups excluding carboxylic acids is 3. The third kappa shape index (κ3) is 5.58. The normalized spacial score (nSPS) is 24.9. The highest BCUT2D eigenvalue weighted by molar-refractivity contribution is 8.02. The number of likely N-dealkylation sites (tertiary alicyclic amines) is 1. The number of hydrogen-bond acceptors (Lipinski definition) is 8. The molecule has 0 saturated carbocycles. The van der Waals surface area contributed by atoms with Crippen molar-refractivity contribution < 1.29 is 24.2 Å². The van der Waals surface area contributed by atoms with Crippen LogP contribution in [0.3, 0.4) is 0 Å². The largest absolute Gasteiger partial charge is 0.494 e. The van der Waals surface area contributed by atoms with Gasteiger partial charge >= 0.3 is 0 Å². The number of thioether (sulfide) groups is 1. The van der Waals surface area contributed by atoms with E-state index < -0.39 is 28.7 Å². The van der Waals surface area contributed by atoms with E-state index in [0.717, 1.165) is 5.52 Å². The molecule has 6 rings (SSSR count). The highest BCUT2D eigenvalue weighted by Gasteiger charge is 2.74. The van der Waals surface area contributed by atoms with Crippen LogP contribution < -0.4 is 9.64 Å². The van der Waals surface area contributed by atoms with Crippen LogP contribution in [0.5, 0.6) is 5.75 Å². The van der Waals surface area contributed by atoms with E-state index in [1.54, 1.807) is 43.3 Å². The minimum absolute atomic E-state index is 0.109. The van der Waals surface area contributed by atoms with E-state index in [1.165, 1.54) is 0 Å². The SMILES string of the molecule is C=CCN(Cn1nnc2ccccc21)C(=O)C1N([C@@H](CO)C(C)C)C(=O)[C@@H]2[C@H](C(=O)N(CC=C)c3ccc(OCC)cc3)[C@@H]3CCC12S3. The Morgan fingerprint density at radius 3 is 2.52 bits per heavy atom. The monoisotopic (exact) mass is 672 g/mol. The zero-order valence-corrected chi connectivity index (χ0v) is 28.6. The number of carbonyl (C=O) groups is 3. The molecule has 6 atom stereocenters. The Morgan fingerprint density at radius 2 is 1.85 bits per heavy atom. The van der Waals surface area contributed by atoms with E-state index in [0.29, 0.717) is 36.4 Å². The van der Waals surface area contributed by atoms with Crippen molar-refractivity contribution in [3.05, 3.63) is 73.8 Å². The summed E-state index contributed by atoms with van der Waals surface area (Å²) in [6.07, 6.45) is 4.66. The van der Waals surface area contributed by atoms with Gasteiger partial charge in [-0.2, -0.15) is 0 Å². The quantitative estimate of drug-likeness (QED) is 0.254. The van der Waals surface area contributed by atoms with Gasteiger partial charge in [-0.3, -0.25) is 14.4 Å². The number of benzene rings is 2. The molecule has 2 bridgehead atoms. The smallest absolute Gasteiger partial charge is 0.248 e.